The summed E-state index contributed by atoms with van der Waals surface area (Å²) in [6.45, 7) is 25.4. The highest BCUT2D eigenvalue weighted by molar-refractivity contribution is 4.66. The monoisotopic (exact) mass is 290 g/mol. The van der Waals surface area contributed by atoms with Gasteiger partial charge >= 0.3 is 0 Å². The second kappa shape index (κ2) is 9.78. The molecule has 0 aliphatic carbocycles. The molecule has 0 saturated heterocycles. The van der Waals surface area contributed by atoms with E-state index in [-0.39, 0.29) is 23.5 Å². The smallest absolute Gasteiger partial charge is 0.0560 e. The summed E-state index contributed by atoms with van der Waals surface area (Å²) in [4.78, 5) is 0. The van der Waals surface area contributed by atoms with Crippen molar-refractivity contribution in [2.75, 3.05) is 6.61 Å². The van der Waals surface area contributed by atoms with Crippen molar-refractivity contribution in [1.29, 1.82) is 0 Å². The third-order valence-corrected chi connectivity index (χ3v) is 3.46. The first-order valence-corrected chi connectivity index (χ1v) is 7.74. The highest BCUT2D eigenvalue weighted by atomic mass is 16.3. The zero-order chi connectivity index (χ0) is 17.4. The van der Waals surface area contributed by atoms with Crippen LogP contribution in [0.25, 0.3) is 0 Å². The first-order valence-electron chi connectivity index (χ1n) is 7.74. The van der Waals surface area contributed by atoms with E-state index in [9.17, 15) is 0 Å². The molecule has 0 aliphatic rings. The number of hydrogen-bond acceptors (Lipinski definition) is 2. The van der Waals surface area contributed by atoms with Crippen LogP contribution in [-0.2, 0) is 0 Å². The molecule has 126 valence electrons. The lowest BCUT2D eigenvalue weighted by Gasteiger charge is -2.22. The molecular formula is C18H42O2. The maximum absolute atomic E-state index is 8.89. The van der Waals surface area contributed by atoms with Crippen molar-refractivity contribution in [2.24, 2.45) is 22.2 Å². The van der Waals surface area contributed by atoms with Gasteiger partial charge in [0.25, 0.3) is 0 Å². The van der Waals surface area contributed by atoms with E-state index in [4.69, 9.17) is 10.2 Å². The van der Waals surface area contributed by atoms with E-state index in [1.54, 1.807) is 6.92 Å². The molecule has 0 aromatic heterocycles. The Kier molecular flexibility index (Phi) is 12.2. The first-order chi connectivity index (χ1) is 8.45. The van der Waals surface area contributed by atoms with E-state index in [1.165, 1.54) is 0 Å². The highest BCUT2D eigenvalue weighted by Crippen LogP contribution is 2.23. The topological polar surface area (TPSA) is 40.5 Å². The average Bonchev–Trinajstić information content (AvgIpc) is 2.15. The fourth-order valence-corrected chi connectivity index (χ4v) is 0. The predicted molar refractivity (Wildman–Crippen MR) is 92.0 cm³/mol. The third-order valence-electron chi connectivity index (χ3n) is 3.46. The third kappa shape index (κ3) is 23.0. The van der Waals surface area contributed by atoms with Crippen molar-refractivity contribution >= 4 is 0 Å². The predicted octanol–water partition coefficient (Wildman–Crippen LogP) is 5.13. The molecule has 0 fully saturated rings. The molecule has 2 heteroatoms. The molecule has 2 N–H and O–H groups in total. The quantitative estimate of drug-likeness (QED) is 0.649. The number of aliphatic hydroxyl groups is 2. The molecule has 1 unspecified atom stereocenters. The Hall–Kier alpha value is -0.0800. The Balaban J connectivity index is -0.000000218. The molecule has 0 rings (SSSR count). The van der Waals surface area contributed by atoms with Crippen LogP contribution in [0.1, 0.15) is 83.1 Å². The van der Waals surface area contributed by atoms with Gasteiger partial charge in [-0.2, -0.15) is 0 Å². The van der Waals surface area contributed by atoms with Crippen molar-refractivity contribution in [3.8, 4) is 0 Å². The van der Waals surface area contributed by atoms with E-state index in [1.807, 2.05) is 41.5 Å². The summed E-state index contributed by atoms with van der Waals surface area (Å²) in [5, 5.41) is 17.3. The Morgan fingerprint density at radius 1 is 0.700 bits per heavy atom. The standard InChI is InChI=1S/C7H16.C6H14O.C5H12O/c1-6(2)7(3,4)5;1-5(7)6(2,3)4;1-5(2,3)4-6/h6H,1-5H3;5,7H,1-4H3;6H,4H2,1-3H3. The molecule has 2 nitrogen and oxygen atoms in total. The van der Waals surface area contributed by atoms with Crippen LogP contribution in [0, 0.1) is 22.2 Å². The molecule has 0 bridgehead atoms. The van der Waals surface area contributed by atoms with Crippen molar-refractivity contribution in [3.05, 3.63) is 0 Å². The average molecular weight is 291 g/mol. The van der Waals surface area contributed by atoms with Gasteiger partial charge in [0.2, 0.25) is 0 Å². The maximum Gasteiger partial charge on any atom is 0.0560 e. The minimum Gasteiger partial charge on any atom is -0.396 e. The zero-order valence-corrected chi connectivity index (χ0v) is 16.3. The molecular weight excluding hydrogens is 248 g/mol. The highest BCUT2D eigenvalue weighted by Gasteiger charge is 2.15. The van der Waals surface area contributed by atoms with Crippen LogP contribution in [0.2, 0.25) is 0 Å². The Morgan fingerprint density at radius 2 is 0.850 bits per heavy atom. The van der Waals surface area contributed by atoms with Gasteiger partial charge in [0, 0.05) is 6.61 Å². The SMILES string of the molecule is CC(C)(C)CO.CC(C)C(C)(C)C.CC(O)C(C)(C)C. The molecule has 0 saturated carbocycles. The molecule has 1 atom stereocenters. The summed E-state index contributed by atoms with van der Waals surface area (Å²) < 4.78 is 0. The van der Waals surface area contributed by atoms with Crippen LogP contribution in [-0.4, -0.2) is 22.9 Å². The Labute approximate surface area is 129 Å². The minimum atomic E-state index is -0.201. The van der Waals surface area contributed by atoms with Crippen LogP contribution in [0.4, 0.5) is 0 Å². The van der Waals surface area contributed by atoms with Gasteiger partial charge in [-0.3, -0.25) is 0 Å². The van der Waals surface area contributed by atoms with E-state index in [0.29, 0.717) is 5.41 Å². The summed E-state index contributed by atoms with van der Waals surface area (Å²) in [5.74, 6) is 0.799. The van der Waals surface area contributed by atoms with Crippen LogP contribution in [0.5, 0.6) is 0 Å². The molecule has 0 amide bonds. The molecule has 0 spiro atoms. The van der Waals surface area contributed by atoms with Crippen molar-refractivity contribution in [3.63, 3.8) is 0 Å². The first kappa shape index (κ1) is 24.9. The summed E-state index contributed by atoms with van der Waals surface area (Å²) in [7, 11) is 0. The van der Waals surface area contributed by atoms with Crippen LogP contribution >= 0.6 is 0 Å². The minimum absolute atomic E-state index is 0.0556. The van der Waals surface area contributed by atoms with Gasteiger partial charge < -0.3 is 10.2 Å². The Bertz CT molecular complexity index is 191. The fraction of sp³-hybridized carbons (Fsp3) is 1.00. The van der Waals surface area contributed by atoms with Crippen LogP contribution in [0.15, 0.2) is 0 Å². The van der Waals surface area contributed by atoms with E-state index >= 15 is 0 Å². The van der Waals surface area contributed by atoms with E-state index in [0.717, 1.165) is 5.92 Å². The summed E-state index contributed by atoms with van der Waals surface area (Å²) in [6.07, 6.45) is -0.201. The summed E-state index contributed by atoms with van der Waals surface area (Å²) >= 11 is 0. The van der Waals surface area contributed by atoms with Gasteiger partial charge in [-0.1, -0.05) is 76.2 Å². The second-order valence-electron chi connectivity index (χ2n) is 9.28. The fourth-order valence-electron chi connectivity index (χ4n) is 0. The van der Waals surface area contributed by atoms with E-state index in [2.05, 4.69) is 34.6 Å². The zero-order valence-electron chi connectivity index (χ0n) is 16.3. The number of hydrogen-bond donors (Lipinski definition) is 2. The van der Waals surface area contributed by atoms with Gasteiger partial charge in [0.15, 0.2) is 0 Å². The van der Waals surface area contributed by atoms with Gasteiger partial charge in [-0.05, 0) is 29.1 Å². The van der Waals surface area contributed by atoms with Crippen LogP contribution < -0.4 is 0 Å². The molecule has 0 heterocycles. The molecule has 0 aliphatic heterocycles. The van der Waals surface area contributed by atoms with Crippen LogP contribution in [0.3, 0.4) is 0 Å². The lowest BCUT2D eigenvalue weighted by molar-refractivity contribution is 0.0801. The summed E-state index contributed by atoms with van der Waals surface area (Å²) in [6, 6.07) is 0. The normalized spacial score (nSPS) is 13.9. The second-order valence-corrected chi connectivity index (χ2v) is 9.28. The van der Waals surface area contributed by atoms with Crippen molar-refractivity contribution in [1.82, 2.24) is 0 Å². The molecule has 0 aromatic carbocycles. The molecule has 0 radical (unpaired) electrons. The van der Waals surface area contributed by atoms with Gasteiger partial charge in [0.1, 0.15) is 0 Å². The van der Waals surface area contributed by atoms with Gasteiger partial charge in [-0.25, -0.2) is 0 Å². The van der Waals surface area contributed by atoms with Crippen molar-refractivity contribution < 1.29 is 10.2 Å². The van der Waals surface area contributed by atoms with E-state index < -0.39 is 0 Å². The van der Waals surface area contributed by atoms with Gasteiger partial charge in [0.05, 0.1) is 6.10 Å². The Morgan fingerprint density at radius 3 is 0.850 bits per heavy atom. The van der Waals surface area contributed by atoms with Crippen molar-refractivity contribution in [2.45, 2.75) is 89.2 Å². The molecule has 20 heavy (non-hydrogen) atoms. The largest absolute Gasteiger partial charge is 0.396 e. The molecule has 0 aromatic rings. The lowest BCUT2D eigenvalue weighted by Crippen LogP contribution is -2.21. The number of aliphatic hydroxyl groups excluding tert-OH is 2. The number of rotatable bonds is 0. The maximum atomic E-state index is 8.89. The lowest BCUT2D eigenvalue weighted by atomic mass is 9.84. The summed E-state index contributed by atoms with van der Waals surface area (Å²) in [5.41, 5.74) is 0.653. The van der Waals surface area contributed by atoms with Gasteiger partial charge in [-0.15, -0.1) is 0 Å².